The van der Waals surface area contributed by atoms with Crippen molar-refractivity contribution < 1.29 is 0 Å². The summed E-state index contributed by atoms with van der Waals surface area (Å²) in [6.45, 7) is 12.0. The second-order valence-corrected chi connectivity index (χ2v) is 2.87. The van der Waals surface area contributed by atoms with Crippen LogP contribution in [0.5, 0.6) is 0 Å². The summed E-state index contributed by atoms with van der Waals surface area (Å²) in [4.78, 5) is 4.33. The molecule has 1 atom stereocenters. The molecule has 0 amide bonds. The molecule has 0 aromatic heterocycles. The first kappa shape index (κ1) is 10.5. The standard InChI is InChI=1S/C9H17BN/c1-6-8(4)9(10-5)11-7(2)3/h8H,2,6H2,1,3-5H3. The van der Waals surface area contributed by atoms with Gasteiger partial charge in [0.15, 0.2) is 7.28 Å². The molecule has 0 heterocycles. The number of aliphatic imine (C=N–C) groups is 1. The van der Waals surface area contributed by atoms with E-state index in [1.54, 1.807) is 0 Å². The summed E-state index contributed by atoms with van der Waals surface area (Å²) < 4.78 is 0. The molecule has 2 heteroatoms. The summed E-state index contributed by atoms with van der Waals surface area (Å²) in [5, 5.41) is 0. The van der Waals surface area contributed by atoms with Crippen LogP contribution in [0.1, 0.15) is 27.2 Å². The van der Waals surface area contributed by atoms with Crippen LogP contribution in [0.15, 0.2) is 17.3 Å². The summed E-state index contributed by atoms with van der Waals surface area (Å²) in [6.07, 6.45) is 1.14. The van der Waals surface area contributed by atoms with Gasteiger partial charge in [-0.2, -0.15) is 0 Å². The predicted molar refractivity (Wildman–Crippen MR) is 53.3 cm³/mol. The molecule has 0 saturated heterocycles. The third kappa shape index (κ3) is 4.02. The van der Waals surface area contributed by atoms with Crippen molar-refractivity contribution in [1.82, 2.24) is 0 Å². The van der Waals surface area contributed by atoms with Gasteiger partial charge in [0.05, 0.1) is 0 Å². The lowest BCUT2D eigenvalue weighted by atomic mass is 9.69. The molecule has 0 aliphatic carbocycles. The van der Waals surface area contributed by atoms with Crippen LogP contribution < -0.4 is 0 Å². The maximum absolute atomic E-state index is 4.33. The molecule has 0 aliphatic rings. The highest BCUT2D eigenvalue weighted by Gasteiger charge is 2.05. The van der Waals surface area contributed by atoms with Crippen molar-refractivity contribution in [2.75, 3.05) is 0 Å². The zero-order chi connectivity index (χ0) is 8.85. The Morgan fingerprint density at radius 2 is 2.18 bits per heavy atom. The molecule has 0 aromatic carbocycles. The molecular weight excluding hydrogens is 133 g/mol. The second kappa shape index (κ2) is 5.17. The van der Waals surface area contributed by atoms with Gasteiger partial charge in [0, 0.05) is 5.70 Å². The summed E-state index contributed by atoms with van der Waals surface area (Å²) >= 11 is 0. The van der Waals surface area contributed by atoms with E-state index in [0.717, 1.165) is 17.7 Å². The van der Waals surface area contributed by atoms with E-state index < -0.39 is 0 Å². The van der Waals surface area contributed by atoms with Crippen molar-refractivity contribution in [3.63, 3.8) is 0 Å². The minimum atomic E-state index is 0.552. The van der Waals surface area contributed by atoms with E-state index in [9.17, 15) is 0 Å². The van der Waals surface area contributed by atoms with Gasteiger partial charge in [0.25, 0.3) is 0 Å². The van der Waals surface area contributed by atoms with Gasteiger partial charge < -0.3 is 0 Å². The molecule has 61 valence electrons. The third-order valence-electron chi connectivity index (χ3n) is 1.73. The monoisotopic (exact) mass is 150 g/mol. The van der Waals surface area contributed by atoms with Gasteiger partial charge in [-0.15, -0.1) is 0 Å². The highest BCUT2D eigenvalue weighted by atomic mass is 14.7. The summed E-state index contributed by atoms with van der Waals surface area (Å²) in [6, 6.07) is 0. The summed E-state index contributed by atoms with van der Waals surface area (Å²) in [5.41, 5.74) is 2.04. The van der Waals surface area contributed by atoms with Gasteiger partial charge in [0.2, 0.25) is 0 Å². The van der Waals surface area contributed by atoms with Crippen molar-refractivity contribution >= 4 is 12.9 Å². The van der Waals surface area contributed by atoms with Crippen molar-refractivity contribution in [2.45, 2.75) is 34.0 Å². The molecule has 0 aromatic rings. The van der Waals surface area contributed by atoms with E-state index >= 15 is 0 Å². The number of hydrogen-bond acceptors (Lipinski definition) is 1. The number of nitrogens with zero attached hydrogens (tertiary/aromatic N) is 1. The highest BCUT2D eigenvalue weighted by molar-refractivity contribution is 6.74. The third-order valence-corrected chi connectivity index (χ3v) is 1.73. The molecule has 11 heavy (non-hydrogen) atoms. The number of allylic oxidation sites excluding steroid dienone is 1. The van der Waals surface area contributed by atoms with Crippen LogP contribution in [-0.2, 0) is 0 Å². The van der Waals surface area contributed by atoms with Crippen molar-refractivity contribution in [2.24, 2.45) is 10.9 Å². The summed E-state index contributed by atoms with van der Waals surface area (Å²) in [7, 11) is 2.06. The molecule has 1 radical (unpaired) electrons. The molecule has 1 unspecified atom stereocenters. The molecular formula is C9H17BN. The Morgan fingerprint density at radius 1 is 1.64 bits per heavy atom. The average molecular weight is 150 g/mol. The van der Waals surface area contributed by atoms with Crippen LogP contribution in [0.4, 0.5) is 0 Å². The van der Waals surface area contributed by atoms with Gasteiger partial charge in [-0.1, -0.05) is 27.2 Å². The van der Waals surface area contributed by atoms with Crippen molar-refractivity contribution in [3.05, 3.63) is 12.3 Å². The Balaban J connectivity index is 4.26. The SMILES string of the molecule is C=C(C)N=C([B]C)C(C)CC. The molecule has 0 spiro atoms. The van der Waals surface area contributed by atoms with E-state index in [4.69, 9.17) is 0 Å². The van der Waals surface area contributed by atoms with E-state index in [-0.39, 0.29) is 0 Å². The van der Waals surface area contributed by atoms with Gasteiger partial charge in [-0.05, 0) is 24.9 Å². The average Bonchev–Trinajstić information content (AvgIpc) is 1.98. The quantitative estimate of drug-likeness (QED) is 0.431. The molecule has 0 saturated carbocycles. The zero-order valence-corrected chi connectivity index (χ0v) is 8.02. The Hall–Kier alpha value is -0.525. The van der Waals surface area contributed by atoms with Crippen LogP contribution in [0, 0.1) is 5.92 Å². The normalized spacial score (nSPS) is 14.4. The first-order valence-corrected chi connectivity index (χ1v) is 4.15. The van der Waals surface area contributed by atoms with Crippen molar-refractivity contribution in [3.8, 4) is 0 Å². The maximum Gasteiger partial charge on any atom is 0.168 e. The van der Waals surface area contributed by atoms with Crippen LogP contribution in [0.2, 0.25) is 6.82 Å². The van der Waals surface area contributed by atoms with Gasteiger partial charge >= 0.3 is 0 Å². The number of hydrogen-bond donors (Lipinski definition) is 0. The largest absolute Gasteiger partial charge is 0.274 e. The van der Waals surface area contributed by atoms with Crippen LogP contribution in [0.3, 0.4) is 0 Å². The molecule has 0 fully saturated rings. The zero-order valence-electron chi connectivity index (χ0n) is 8.02. The highest BCUT2D eigenvalue weighted by Crippen LogP contribution is 2.05. The van der Waals surface area contributed by atoms with E-state index in [0.29, 0.717) is 5.92 Å². The fourth-order valence-electron chi connectivity index (χ4n) is 0.889. The minimum absolute atomic E-state index is 0.552. The van der Waals surface area contributed by atoms with Gasteiger partial charge in [0.1, 0.15) is 0 Å². The lowest BCUT2D eigenvalue weighted by Crippen LogP contribution is -2.15. The second-order valence-electron chi connectivity index (χ2n) is 2.87. The summed E-state index contributed by atoms with van der Waals surface area (Å²) in [5.74, 6) is 0.552. The molecule has 0 aliphatic heterocycles. The Morgan fingerprint density at radius 3 is 2.45 bits per heavy atom. The lowest BCUT2D eigenvalue weighted by molar-refractivity contribution is 0.747. The fourth-order valence-corrected chi connectivity index (χ4v) is 0.889. The molecule has 0 N–H and O–H groups in total. The fraction of sp³-hybridized carbons (Fsp3) is 0.667. The molecule has 0 bridgehead atoms. The van der Waals surface area contributed by atoms with Crippen molar-refractivity contribution in [1.29, 1.82) is 0 Å². The Bertz CT molecular complexity index is 161. The van der Waals surface area contributed by atoms with Crippen LogP contribution >= 0.6 is 0 Å². The Labute approximate surface area is 70.9 Å². The van der Waals surface area contributed by atoms with Gasteiger partial charge in [-0.3, -0.25) is 4.99 Å². The lowest BCUT2D eigenvalue weighted by Gasteiger charge is -2.10. The topological polar surface area (TPSA) is 12.4 Å². The maximum atomic E-state index is 4.33. The Kier molecular flexibility index (Phi) is 4.92. The van der Waals surface area contributed by atoms with Gasteiger partial charge in [-0.25, -0.2) is 0 Å². The van der Waals surface area contributed by atoms with Crippen LogP contribution in [-0.4, -0.2) is 12.9 Å². The first-order chi connectivity index (χ1) is 5.11. The van der Waals surface area contributed by atoms with E-state index in [2.05, 4.69) is 32.7 Å². The molecule has 1 nitrogen and oxygen atoms in total. The van der Waals surface area contributed by atoms with Crippen LogP contribution in [0.25, 0.3) is 0 Å². The smallest absolute Gasteiger partial charge is 0.168 e. The number of rotatable bonds is 4. The minimum Gasteiger partial charge on any atom is -0.274 e. The van der Waals surface area contributed by atoms with E-state index in [1.807, 2.05) is 13.7 Å². The first-order valence-electron chi connectivity index (χ1n) is 4.15. The predicted octanol–water partition coefficient (Wildman–Crippen LogP) is 2.72. The van der Waals surface area contributed by atoms with E-state index in [1.165, 1.54) is 0 Å². The molecule has 0 rings (SSSR count).